The summed E-state index contributed by atoms with van der Waals surface area (Å²) in [5.74, 6) is 1.40. The summed E-state index contributed by atoms with van der Waals surface area (Å²) < 4.78 is 10.4. The Hall–Kier alpha value is -2.89. The maximum Gasteiger partial charge on any atom is 0.319 e. The molecular formula is C16H18N2O4. The lowest BCUT2D eigenvalue weighted by atomic mass is 10.2. The maximum absolute atomic E-state index is 11.8. The quantitative estimate of drug-likeness (QED) is 0.742. The van der Waals surface area contributed by atoms with Gasteiger partial charge < -0.3 is 25.2 Å². The predicted molar refractivity (Wildman–Crippen MR) is 83.5 cm³/mol. The Balaban J connectivity index is 1.92. The average Bonchev–Trinajstić information content (AvgIpc) is 2.54. The molecule has 0 radical (unpaired) electrons. The molecule has 0 bridgehead atoms. The number of nitrogens with one attached hydrogen (secondary N) is 2. The van der Waals surface area contributed by atoms with Crippen molar-refractivity contribution in [3.8, 4) is 17.2 Å². The second-order valence-electron chi connectivity index (χ2n) is 4.54. The smallest absolute Gasteiger partial charge is 0.319 e. The van der Waals surface area contributed by atoms with Crippen LogP contribution in [0.2, 0.25) is 0 Å². The first kappa shape index (κ1) is 15.5. The number of hydrogen-bond donors (Lipinski definition) is 3. The summed E-state index contributed by atoms with van der Waals surface area (Å²) in [6.45, 7) is 0.351. The Bertz CT molecular complexity index is 641. The van der Waals surface area contributed by atoms with E-state index in [2.05, 4.69) is 10.6 Å². The molecular weight excluding hydrogens is 284 g/mol. The summed E-state index contributed by atoms with van der Waals surface area (Å²) in [4.78, 5) is 11.8. The molecule has 0 aromatic heterocycles. The van der Waals surface area contributed by atoms with E-state index in [9.17, 15) is 9.90 Å². The van der Waals surface area contributed by atoms with Gasteiger partial charge in [-0.15, -0.1) is 0 Å². The number of benzene rings is 2. The fourth-order valence-corrected chi connectivity index (χ4v) is 1.89. The number of aromatic hydroxyl groups is 1. The molecule has 2 aromatic carbocycles. The Morgan fingerprint density at radius 1 is 1.05 bits per heavy atom. The van der Waals surface area contributed by atoms with Gasteiger partial charge in [0, 0.05) is 12.2 Å². The fraction of sp³-hybridized carbons (Fsp3) is 0.188. The van der Waals surface area contributed by atoms with E-state index in [1.54, 1.807) is 38.5 Å². The van der Waals surface area contributed by atoms with Crippen LogP contribution in [0.1, 0.15) is 5.56 Å². The van der Waals surface area contributed by atoms with Gasteiger partial charge in [-0.1, -0.05) is 6.07 Å². The summed E-state index contributed by atoms with van der Waals surface area (Å²) in [5, 5.41) is 14.6. The highest BCUT2D eigenvalue weighted by Gasteiger charge is 2.06. The number of anilines is 1. The van der Waals surface area contributed by atoms with E-state index in [1.165, 1.54) is 12.1 Å². The first-order chi connectivity index (χ1) is 10.6. The molecule has 0 aliphatic carbocycles. The van der Waals surface area contributed by atoms with Gasteiger partial charge in [-0.2, -0.15) is 0 Å². The number of urea groups is 1. The summed E-state index contributed by atoms with van der Waals surface area (Å²) in [6.07, 6.45) is 0. The third kappa shape index (κ3) is 4.05. The van der Waals surface area contributed by atoms with Crippen molar-refractivity contribution in [1.29, 1.82) is 0 Å². The van der Waals surface area contributed by atoms with Crippen molar-refractivity contribution >= 4 is 11.7 Å². The van der Waals surface area contributed by atoms with Gasteiger partial charge in [-0.3, -0.25) is 0 Å². The number of rotatable bonds is 5. The van der Waals surface area contributed by atoms with Crippen molar-refractivity contribution in [2.24, 2.45) is 0 Å². The molecule has 22 heavy (non-hydrogen) atoms. The molecule has 3 N–H and O–H groups in total. The molecule has 2 rings (SSSR count). The number of amides is 2. The van der Waals surface area contributed by atoms with Gasteiger partial charge >= 0.3 is 6.03 Å². The lowest BCUT2D eigenvalue weighted by molar-refractivity contribution is 0.251. The highest BCUT2D eigenvalue weighted by Crippen LogP contribution is 2.27. The number of phenolic OH excluding ortho intramolecular Hbond substituents is 1. The van der Waals surface area contributed by atoms with E-state index >= 15 is 0 Å². The van der Waals surface area contributed by atoms with Gasteiger partial charge in [0.1, 0.15) is 5.75 Å². The largest absolute Gasteiger partial charge is 0.508 e. The third-order valence-electron chi connectivity index (χ3n) is 3.03. The molecule has 0 atom stereocenters. The SMILES string of the molecule is COc1ccc(CNC(=O)Nc2ccc(O)cc2)cc1OC. The zero-order valence-electron chi connectivity index (χ0n) is 12.4. The lowest BCUT2D eigenvalue weighted by Crippen LogP contribution is -2.28. The Morgan fingerprint density at radius 2 is 1.73 bits per heavy atom. The Kier molecular flexibility index (Phi) is 5.08. The molecule has 0 fully saturated rings. The number of hydrogen-bond acceptors (Lipinski definition) is 4. The van der Waals surface area contributed by atoms with Crippen LogP contribution < -0.4 is 20.1 Å². The minimum absolute atomic E-state index is 0.149. The number of ether oxygens (including phenoxy) is 2. The van der Waals surface area contributed by atoms with Gasteiger partial charge in [0.15, 0.2) is 11.5 Å². The number of carbonyl (C=O) groups is 1. The zero-order chi connectivity index (χ0) is 15.9. The van der Waals surface area contributed by atoms with E-state index in [0.29, 0.717) is 23.7 Å². The average molecular weight is 302 g/mol. The van der Waals surface area contributed by atoms with Crippen LogP contribution in [-0.4, -0.2) is 25.4 Å². The lowest BCUT2D eigenvalue weighted by Gasteiger charge is -2.11. The van der Waals surface area contributed by atoms with Gasteiger partial charge in [0.05, 0.1) is 14.2 Å². The molecule has 6 nitrogen and oxygen atoms in total. The van der Waals surface area contributed by atoms with E-state index < -0.39 is 0 Å². The molecule has 2 amide bonds. The first-order valence-corrected chi connectivity index (χ1v) is 6.67. The van der Waals surface area contributed by atoms with Crippen molar-refractivity contribution < 1.29 is 19.4 Å². The van der Waals surface area contributed by atoms with Crippen molar-refractivity contribution in [3.63, 3.8) is 0 Å². The Labute approximate surface area is 128 Å². The number of phenols is 1. The van der Waals surface area contributed by atoms with Crippen molar-refractivity contribution in [1.82, 2.24) is 5.32 Å². The summed E-state index contributed by atoms with van der Waals surface area (Å²) >= 11 is 0. The van der Waals surface area contributed by atoms with Crippen LogP contribution in [-0.2, 0) is 6.54 Å². The van der Waals surface area contributed by atoms with E-state index in [0.717, 1.165) is 5.56 Å². The van der Waals surface area contributed by atoms with Crippen molar-refractivity contribution in [2.45, 2.75) is 6.54 Å². The Morgan fingerprint density at radius 3 is 2.36 bits per heavy atom. The van der Waals surface area contributed by atoms with Crippen molar-refractivity contribution in [3.05, 3.63) is 48.0 Å². The molecule has 0 saturated carbocycles. The van der Waals surface area contributed by atoms with Crippen LogP contribution >= 0.6 is 0 Å². The van der Waals surface area contributed by atoms with E-state index in [1.807, 2.05) is 6.07 Å². The highest BCUT2D eigenvalue weighted by atomic mass is 16.5. The molecule has 0 spiro atoms. The molecule has 0 aliphatic rings. The fourth-order valence-electron chi connectivity index (χ4n) is 1.89. The van der Waals surface area contributed by atoms with E-state index in [4.69, 9.17) is 9.47 Å². The monoisotopic (exact) mass is 302 g/mol. The minimum Gasteiger partial charge on any atom is -0.508 e. The first-order valence-electron chi connectivity index (χ1n) is 6.67. The van der Waals surface area contributed by atoms with E-state index in [-0.39, 0.29) is 11.8 Å². The van der Waals surface area contributed by atoms with Crippen LogP contribution in [0.3, 0.4) is 0 Å². The highest BCUT2D eigenvalue weighted by molar-refractivity contribution is 5.89. The van der Waals surface area contributed by atoms with Gasteiger partial charge in [0.2, 0.25) is 0 Å². The molecule has 0 saturated heterocycles. The second kappa shape index (κ2) is 7.21. The molecule has 116 valence electrons. The van der Waals surface area contributed by atoms with Gasteiger partial charge in [-0.05, 0) is 42.0 Å². The molecule has 6 heteroatoms. The summed E-state index contributed by atoms with van der Waals surface area (Å²) in [7, 11) is 3.13. The van der Waals surface area contributed by atoms with Gasteiger partial charge in [0.25, 0.3) is 0 Å². The molecule has 0 aliphatic heterocycles. The summed E-state index contributed by atoms with van der Waals surface area (Å²) in [6, 6.07) is 11.3. The normalized spacial score (nSPS) is 9.91. The van der Waals surface area contributed by atoms with Crippen LogP contribution in [0.25, 0.3) is 0 Å². The number of carbonyl (C=O) groups excluding carboxylic acids is 1. The molecule has 2 aromatic rings. The van der Waals surface area contributed by atoms with Crippen LogP contribution in [0.4, 0.5) is 10.5 Å². The zero-order valence-corrected chi connectivity index (χ0v) is 12.4. The number of methoxy groups -OCH3 is 2. The maximum atomic E-state index is 11.8. The molecule has 0 unspecified atom stereocenters. The third-order valence-corrected chi connectivity index (χ3v) is 3.03. The summed E-state index contributed by atoms with van der Waals surface area (Å²) in [5.41, 5.74) is 1.49. The predicted octanol–water partition coefficient (Wildman–Crippen LogP) is 2.73. The van der Waals surface area contributed by atoms with Crippen LogP contribution in [0.15, 0.2) is 42.5 Å². The van der Waals surface area contributed by atoms with Crippen LogP contribution in [0.5, 0.6) is 17.2 Å². The minimum atomic E-state index is -0.333. The second-order valence-corrected chi connectivity index (χ2v) is 4.54. The standard InChI is InChI=1S/C16H18N2O4/c1-21-14-8-3-11(9-15(14)22-2)10-17-16(20)18-12-4-6-13(19)7-5-12/h3-9,19H,10H2,1-2H3,(H2,17,18,20). The van der Waals surface area contributed by atoms with Gasteiger partial charge in [-0.25, -0.2) is 4.79 Å². The molecule has 0 heterocycles. The van der Waals surface area contributed by atoms with Crippen LogP contribution in [0, 0.1) is 0 Å². The van der Waals surface area contributed by atoms with Crippen molar-refractivity contribution in [2.75, 3.05) is 19.5 Å². The topological polar surface area (TPSA) is 79.8 Å².